The Bertz CT molecular complexity index is 777. The van der Waals surface area contributed by atoms with E-state index in [4.69, 9.17) is 0 Å². The van der Waals surface area contributed by atoms with E-state index >= 15 is 0 Å². The Morgan fingerprint density at radius 1 is 1.36 bits per heavy atom. The molecular weight excluding hydrogens is 316 g/mol. The molecule has 2 bridgehead atoms. The average molecular weight is 342 g/mol. The maximum absolute atomic E-state index is 11.6. The summed E-state index contributed by atoms with van der Waals surface area (Å²) in [5.74, 6) is -0.0858. The minimum Gasteiger partial charge on any atom is -0.478 e. The van der Waals surface area contributed by atoms with E-state index in [1.807, 2.05) is 17.7 Å². The lowest BCUT2D eigenvalue weighted by molar-refractivity contribution is 0.0699. The van der Waals surface area contributed by atoms with Gasteiger partial charge in [0.15, 0.2) is 0 Å². The third-order valence-corrected chi connectivity index (χ3v) is 5.80. The average Bonchev–Trinajstić information content (AvgIpc) is 3.01. The predicted octanol–water partition coefficient (Wildman–Crippen LogP) is 1.98. The lowest BCUT2D eigenvalue weighted by Crippen LogP contribution is -2.56. The van der Waals surface area contributed by atoms with Crippen molar-refractivity contribution in [3.63, 3.8) is 0 Å². The molecule has 6 nitrogen and oxygen atoms in total. The number of aromatic carboxylic acids is 1. The van der Waals surface area contributed by atoms with E-state index < -0.39 is 5.97 Å². The number of carboxylic acid groups (broad SMARTS) is 1. The highest BCUT2D eigenvalue weighted by molar-refractivity contribution is 6.03. The molecule has 3 saturated heterocycles. The van der Waals surface area contributed by atoms with Crippen LogP contribution in [0.1, 0.15) is 35.8 Å². The van der Waals surface area contributed by atoms with E-state index in [-0.39, 0.29) is 0 Å². The van der Waals surface area contributed by atoms with E-state index in [1.165, 1.54) is 25.9 Å². The fourth-order valence-corrected chi connectivity index (χ4v) is 4.47. The van der Waals surface area contributed by atoms with Gasteiger partial charge in [0.25, 0.3) is 0 Å². The summed E-state index contributed by atoms with van der Waals surface area (Å²) in [6.45, 7) is 7.27. The van der Waals surface area contributed by atoms with Gasteiger partial charge >= 0.3 is 5.97 Å². The fraction of sp³-hybridized carbons (Fsp3) is 0.579. The number of hydrogen-bond acceptors (Lipinski definition) is 4. The number of aromatic nitrogens is 2. The van der Waals surface area contributed by atoms with Gasteiger partial charge in [-0.3, -0.25) is 4.68 Å². The highest BCUT2D eigenvalue weighted by Gasteiger charge is 2.33. The molecule has 134 valence electrons. The van der Waals surface area contributed by atoms with E-state index in [0.29, 0.717) is 11.6 Å². The Morgan fingerprint density at radius 3 is 2.80 bits per heavy atom. The fourth-order valence-electron chi connectivity index (χ4n) is 4.47. The van der Waals surface area contributed by atoms with Crippen molar-refractivity contribution in [2.24, 2.45) is 5.92 Å². The van der Waals surface area contributed by atoms with Crippen LogP contribution in [0.4, 0.5) is 0 Å². The Kier molecular flexibility index (Phi) is 4.48. The molecule has 3 fully saturated rings. The summed E-state index contributed by atoms with van der Waals surface area (Å²) in [5.41, 5.74) is 2.17. The predicted molar refractivity (Wildman–Crippen MR) is 97.0 cm³/mol. The Balaban J connectivity index is 1.52. The van der Waals surface area contributed by atoms with Gasteiger partial charge in [0.05, 0.1) is 16.8 Å². The second-order valence-electron chi connectivity index (χ2n) is 7.22. The molecule has 0 spiro atoms. The number of benzene rings is 1. The largest absolute Gasteiger partial charge is 0.478 e. The van der Waals surface area contributed by atoms with Gasteiger partial charge in [-0.25, -0.2) is 4.79 Å². The minimum absolute atomic E-state index is 0.357. The summed E-state index contributed by atoms with van der Waals surface area (Å²) in [5, 5.41) is 18.7. The second-order valence-corrected chi connectivity index (χ2v) is 7.22. The van der Waals surface area contributed by atoms with E-state index in [9.17, 15) is 9.90 Å². The molecule has 0 amide bonds. The van der Waals surface area contributed by atoms with Crippen molar-refractivity contribution < 1.29 is 9.90 Å². The third kappa shape index (κ3) is 3.04. The summed E-state index contributed by atoms with van der Waals surface area (Å²) in [4.78, 5) is 14.2. The van der Waals surface area contributed by atoms with Gasteiger partial charge in [-0.1, -0.05) is 6.07 Å². The monoisotopic (exact) mass is 342 g/mol. The van der Waals surface area contributed by atoms with Gasteiger partial charge in [-0.2, -0.15) is 5.10 Å². The zero-order chi connectivity index (χ0) is 17.4. The van der Waals surface area contributed by atoms with Crippen molar-refractivity contribution >= 4 is 16.9 Å². The topological polar surface area (TPSA) is 70.4 Å². The van der Waals surface area contributed by atoms with E-state index in [1.54, 1.807) is 12.1 Å². The summed E-state index contributed by atoms with van der Waals surface area (Å²) < 4.78 is 1.91. The van der Waals surface area contributed by atoms with Crippen molar-refractivity contribution in [2.75, 3.05) is 26.2 Å². The van der Waals surface area contributed by atoms with Crippen LogP contribution in [0, 0.1) is 5.92 Å². The molecule has 2 aromatic rings. The number of carboxylic acids is 1. The summed E-state index contributed by atoms with van der Waals surface area (Å²) in [6, 6.07) is 6.01. The first-order valence-corrected chi connectivity index (χ1v) is 9.34. The van der Waals surface area contributed by atoms with Gasteiger partial charge in [0.2, 0.25) is 0 Å². The molecule has 1 atom stereocenters. The molecule has 0 saturated carbocycles. The first-order chi connectivity index (χ1) is 12.2. The molecule has 6 heteroatoms. The highest BCUT2D eigenvalue weighted by Crippen LogP contribution is 2.28. The van der Waals surface area contributed by atoms with Crippen LogP contribution in [0.3, 0.4) is 0 Å². The van der Waals surface area contributed by atoms with E-state index in [2.05, 4.69) is 15.3 Å². The standard InChI is InChI=1S/C19H26N4O2/c1-2-23-17-5-3-4-14(19(24)25)18(17)15(21-23)6-9-20-16-12-22-10-7-13(16)8-11-22/h3-5,13,16,20H,2,6-12H2,1H3,(H,24,25)/t16-/m1/s1. The van der Waals surface area contributed by atoms with Gasteiger partial charge in [-0.05, 0) is 50.9 Å². The number of fused-ring (bicyclic) bond motifs is 4. The maximum Gasteiger partial charge on any atom is 0.336 e. The number of hydrogen-bond donors (Lipinski definition) is 2. The lowest BCUT2D eigenvalue weighted by Gasteiger charge is -2.45. The van der Waals surface area contributed by atoms with Crippen LogP contribution in [0.5, 0.6) is 0 Å². The van der Waals surface area contributed by atoms with Crippen molar-refractivity contribution in [3.8, 4) is 0 Å². The second kappa shape index (κ2) is 6.77. The van der Waals surface area contributed by atoms with E-state index in [0.717, 1.165) is 48.6 Å². The number of nitrogens with zero attached hydrogens (tertiary/aromatic N) is 3. The molecule has 1 aromatic carbocycles. The van der Waals surface area contributed by atoms with Crippen LogP contribution in [0.15, 0.2) is 18.2 Å². The Labute approximate surface area is 147 Å². The zero-order valence-electron chi connectivity index (χ0n) is 14.7. The highest BCUT2D eigenvalue weighted by atomic mass is 16.4. The van der Waals surface area contributed by atoms with Gasteiger partial charge < -0.3 is 15.3 Å². The summed E-state index contributed by atoms with van der Waals surface area (Å²) in [6.07, 6.45) is 3.36. The quantitative estimate of drug-likeness (QED) is 0.840. The molecule has 0 unspecified atom stereocenters. The molecule has 0 radical (unpaired) electrons. The molecule has 3 aliphatic heterocycles. The number of aryl methyl sites for hydroxylation is 1. The van der Waals surface area contributed by atoms with Crippen molar-refractivity contribution in [1.29, 1.82) is 0 Å². The number of piperidine rings is 3. The van der Waals surface area contributed by atoms with Crippen molar-refractivity contribution in [1.82, 2.24) is 20.0 Å². The first-order valence-electron chi connectivity index (χ1n) is 9.34. The summed E-state index contributed by atoms with van der Waals surface area (Å²) in [7, 11) is 0. The Morgan fingerprint density at radius 2 is 2.16 bits per heavy atom. The smallest absolute Gasteiger partial charge is 0.336 e. The third-order valence-electron chi connectivity index (χ3n) is 5.80. The number of nitrogens with one attached hydrogen (secondary N) is 1. The van der Waals surface area contributed by atoms with Crippen molar-refractivity contribution in [3.05, 3.63) is 29.5 Å². The van der Waals surface area contributed by atoms with Crippen LogP contribution in [-0.2, 0) is 13.0 Å². The molecular formula is C19H26N4O2. The van der Waals surface area contributed by atoms with Gasteiger partial charge in [0, 0.05) is 37.5 Å². The zero-order valence-corrected chi connectivity index (χ0v) is 14.7. The van der Waals surface area contributed by atoms with Crippen LogP contribution in [0.25, 0.3) is 10.9 Å². The molecule has 3 aliphatic rings. The van der Waals surface area contributed by atoms with Gasteiger partial charge in [-0.15, -0.1) is 0 Å². The Hall–Kier alpha value is -1.92. The molecule has 4 heterocycles. The molecule has 5 rings (SSSR count). The maximum atomic E-state index is 11.6. The van der Waals surface area contributed by atoms with Crippen LogP contribution >= 0.6 is 0 Å². The molecule has 1 aromatic heterocycles. The van der Waals surface area contributed by atoms with Crippen molar-refractivity contribution in [2.45, 2.75) is 38.8 Å². The normalized spacial score (nSPS) is 25.6. The van der Waals surface area contributed by atoms with Crippen LogP contribution in [0.2, 0.25) is 0 Å². The van der Waals surface area contributed by atoms with Crippen LogP contribution in [-0.4, -0.2) is 58.0 Å². The first kappa shape index (κ1) is 16.5. The molecule has 25 heavy (non-hydrogen) atoms. The minimum atomic E-state index is -0.882. The number of rotatable bonds is 6. The van der Waals surface area contributed by atoms with Crippen LogP contribution < -0.4 is 5.32 Å². The summed E-state index contributed by atoms with van der Waals surface area (Å²) >= 11 is 0. The van der Waals surface area contributed by atoms with Gasteiger partial charge in [0.1, 0.15) is 0 Å². The number of carbonyl (C=O) groups is 1. The molecule has 0 aliphatic carbocycles. The lowest BCUT2D eigenvalue weighted by atomic mass is 9.84. The SMILES string of the molecule is CCn1nc(CCN[C@@H]2CN3CCC2CC3)c2c(C(=O)O)cccc21. The molecule has 2 N–H and O–H groups in total.